The van der Waals surface area contributed by atoms with E-state index < -0.39 is 12.7 Å². The highest BCUT2D eigenvalue weighted by molar-refractivity contribution is 6.50. The summed E-state index contributed by atoms with van der Waals surface area (Å²) in [6, 6.07) is 0. The third kappa shape index (κ3) is 2.56. The van der Waals surface area contributed by atoms with Gasteiger partial charge in [0.05, 0.1) is 17.2 Å². The van der Waals surface area contributed by atoms with E-state index in [-0.39, 0.29) is 11.6 Å². The van der Waals surface area contributed by atoms with Gasteiger partial charge < -0.3 is 20.1 Å². The Hall–Kier alpha value is -1.53. The highest BCUT2D eigenvalue weighted by Gasteiger charge is 2.53. The van der Waals surface area contributed by atoms with Crippen molar-refractivity contribution in [1.29, 1.82) is 0 Å². The van der Waals surface area contributed by atoms with E-state index in [0.717, 1.165) is 31.3 Å². The van der Waals surface area contributed by atoms with Crippen molar-refractivity contribution in [3.8, 4) is 0 Å². The van der Waals surface area contributed by atoms with Crippen molar-refractivity contribution in [3.63, 3.8) is 0 Å². The molecule has 0 aromatic heterocycles. The lowest BCUT2D eigenvalue weighted by Crippen LogP contribution is -2.51. The third-order valence-electron chi connectivity index (χ3n) is 7.49. The minimum Gasteiger partial charge on any atom is -0.531 e. The standard InChI is InChI=1S/C21H29BN2O3/c1-12-6-14-9-21(25,7-12)8-13(2)17(14)15-10-22(26)27-16-11-24-19-20(3,18(15)16)4-5-23-19/h4-5,10-14,17,19,23,25-26H,6-9H2,1-3H3/t12-,13-,14+,17+,19?,20?,21-/m1/s1. The summed E-state index contributed by atoms with van der Waals surface area (Å²) < 4.78 is 5.76. The monoisotopic (exact) mass is 368 g/mol. The quantitative estimate of drug-likeness (QED) is 0.622. The molecule has 2 saturated carbocycles. The molecule has 7 atom stereocenters. The van der Waals surface area contributed by atoms with Crippen molar-refractivity contribution in [2.45, 2.75) is 58.2 Å². The van der Waals surface area contributed by atoms with E-state index in [0.29, 0.717) is 29.4 Å². The Balaban J connectivity index is 1.60. The second-order valence-electron chi connectivity index (χ2n) is 9.77. The van der Waals surface area contributed by atoms with Gasteiger partial charge in [0, 0.05) is 5.57 Å². The van der Waals surface area contributed by atoms with Crippen molar-refractivity contribution in [1.82, 2.24) is 5.32 Å². The van der Waals surface area contributed by atoms with Gasteiger partial charge in [0.25, 0.3) is 0 Å². The average molecular weight is 368 g/mol. The second kappa shape index (κ2) is 5.74. The number of nitrogens with zero attached hydrogens (tertiary/aromatic N) is 1. The van der Waals surface area contributed by atoms with E-state index in [1.54, 1.807) is 6.21 Å². The Labute approximate surface area is 161 Å². The molecule has 0 aromatic carbocycles. The normalized spacial score (nSPS) is 47.8. The average Bonchev–Trinajstić information content (AvgIpc) is 2.93. The Morgan fingerprint density at radius 1 is 1.30 bits per heavy atom. The van der Waals surface area contributed by atoms with Crippen LogP contribution in [-0.4, -0.2) is 35.2 Å². The summed E-state index contributed by atoms with van der Waals surface area (Å²) in [5.74, 6) is 4.28. The lowest BCUT2D eigenvalue weighted by molar-refractivity contribution is -0.0971. The molecule has 5 nitrogen and oxygen atoms in total. The summed E-state index contributed by atoms with van der Waals surface area (Å²) in [5, 5.41) is 24.8. The molecule has 0 radical (unpaired) electrons. The largest absolute Gasteiger partial charge is 0.552 e. The van der Waals surface area contributed by atoms with E-state index >= 15 is 0 Å². The van der Waals surface area contributed by atoms with Crippen LogP contribution in [0.1, 0.15) is 46.5 Å². The van der Waals surface area contributed by atoms with Gasteiger partial charge in [-0.1, -0.05) is 19.9 Å². The smallest absolute Gasteiger partial charge is 0.531 e. The number of hydrogen-bond donors (Lipinski definition) is 3. The maximum Gasteiger partial charge on any atom is 0.552 e. The maximum absolute atomic E-state index is 11.1. The van der Waals surface area contributed by atoms with Crippen LogP contribution < -0.4 is 5.32 Å². The number of rotatable bonds is 1. The SMILES string of the molecule is C[C@@H]1C[C@H]2C[C@@](O)(C1)C[C@@H](C)[C@@H]2C1=CB(O)OC2=C1C1(C)C=CNC1N=C2. The van der Waals surface area contributed by atoms with Crippen LogP contribution in [0.4, 0.5) is 0 Å². The van der Waals surface area contributed by atoms with Crippen LogP contribution in [0.3, 0.4) is 0 Å². The Bertz CT molecular complexity index is 786. The molecule has 0 amide bonds. The lowest BCUT2D eigenvalue weighted by atomic mass is 9.53. The fourth-order valence-electron chi connectivity index (χ4n) is 6.78. The van der Waals surface area contributed by atoms with E-state index in [9.17, 15) is 10.1 Å². The molecular formula is C21H29BN2O3. The third-order valence-corrected chi connectivity index (χ3v) is 7.49. The van der Waals surface area contributed by atoms with Crippen LogP contribution in [0.2, 0.25) is 0 Å². The Morgan fingerprint density at radius 3 is 2.93 bits per heavy atom. The molecular weight excluding hydrogens is 339 g/mol. The minimum absolute atomic E-state index is 0.0281. The molecule has 27 heavy (non-hydrogen) atoms. The van der Waals surface area contributed by atoms with Crippen LogP contribution in [0.5, 0.6) is 0 Å². The zero-order valence-electron chi connectivity index (χ0n) is 16.4. The first-order valence-corrected chi connectivity index (χ1v) is 10.3. The summed E-state index contributed by atoms with van der Waals surface area (Å²) >= 11 is 0. The van der Waals surface area contributed by atoms with Gasteiger partial charge in [-0.05, 0) is 74.0 Å². The van der Waals surface area contributed by atoms with Gasteiger partial charge in [-0.3, -0.25) is 4.99 Å². The van der Waals surface area contributed by atoms with Crippen LogP contribution in [0, 0.1) is 29.1 Å². The molecule has 2 aliphatic carbocycles. The number of aliphatic hydroxyl groups is 1. The number of dihydropyridines is 1. The number of hydrogen-bond acceptors (Lipinski definition) is 5. The van der Waals surface area contributed by atoms with Crippen molar-refractivity contribution in [2.75, 3.05) is 0 Å². The van der Waals surface area contributed by atoms with E-state index in [1.165, 1.54) is 5.57 Å². The highest BCUT2D eigenvalue weighted by atomic mass is 16.5. The van der Waals surface area contributed by atoms with Crippen LogP contribution in [0.15, 0.2) is 40.1 Å². The van der Waals surface area contributed by atoms with Gasteiger partial charge in [-0.25, -0.2) is 0 Å². The van der Waals surface area contributed by atoms with Crippen LogP contribution in [-0.2, 0) is 4.65 Å². The first-order chi connectivity index (χ1) is 12.8. The molecule has 0 aromatic rings. The zero-order valence-corrected chi connectivity index (χ0v) is 16.4. The number of allylic oxidation sites excluding steroid dienone is 2. The van der Waals surface area contributed by atoms with Crippen molar-refractivity contribution in [2.24, 2.45) is 34.1 Å². The molecule has 0 saturated heterocycles. The molecule has 6 heteroatoms. The Morgan fingerprint density at radius 2 is 2.11 bits per heavy atom. The van der Waals surface area contributed by atoms with Gasteiger partial charge >= 0.3 is 7.12 Å². The van der Waals surface area contributed by atoms with E-state index in [4.69, 9.17) is 4.65 Å². The van der Waals surface area contributed by atoms with Crippen molar-refractivity contribution in [3.05, 3.63) is 35.2 Å². The van der Waals surface area contributed by atoms with E-state index in [1.807, 2.05) is 12.2 Å². The van der Waals surface area contributed by atoms with Gasteiger partial charge in [-0.2, -0.15) is 0 Å². The fraction of sp³-hybridized carbons (Fsp3) is 0.667. The van der Waals surface area contributed by atoms with Gasteiger partial charge in [0.15, 0.2) is 0 Å². The van der Waals surface area contributed by atoms with Gasteiger partial charge in [0.1, 0.15) is 11.9 Å². The topological polar surface area (TPSA) is 74.1 Å². The van der Waals surface area contributed by atoms with Crippen molar-refractivity contribution >= 4 is 13.3 Å². The summed E-state index contributed by atoms with van der Waals surface area (Å²) in [4.78, 5) is 4.61. The Kier molecular flexibility index (Phi) is 3.73. The molecule has 144 valence electrons. The minimum atomic E-state index is -0.933. The molecule has 3 N–H and O–H groups in total. The highest BCUT2D eigenvalue weighted by Crippen LogP contribution is 2.57. The summed E-state index contributed by atoms with van der Waals surface area (Å²) in [6.45, 7) is 6.72. The lowest BCUT2D eigenvalue weighted by Gasteiger charge is -2.53. The number of nitrogens with one attached hydrogen (secondary N) is 1. The molecule has 2 unspecified atom stereocenters. The predicted molar refractivity (Wildman–Crippen MR) is 106 cm³/mol. The summed E-state index contributed by atoms with van der Waals surface area (Å²) in [5.41, 5.74) is 1.58. The molecule has 3 aliphatic heterocycles. The molecule has 5 rings (SSSR count). The summed E-state index contributed by atoms with van der Waals surface area (Å²) in [7, 11) is -0.933. The van der Waals surface area contributed by atoms with E-state index in [2.05, 4.69) is 37.2 Å². The van der Waals surface area contributed by atoms with Crippen molar-refractivity contribution < 1.29 is 14.8 Å². The maximum atomic E-state index is 11.1. The number of aliphatic imine (C=N–C) groups is 1. The first kappa shape index (κ1) is 17.6. The predicted octanol–water partition coefficient (Wildman–Crippen LogP) is 2.57. The fourth-order valence-corrected chi connectivity index (χ4v) is 6.78. The van der Waals surface area contributed by atoms with Crippen LogP contribution >= 0.6 is 0 Å². The van der Waals surface area contributed by atoms with Crippen LogP contribution in [0.25, 0.3) is 0 Å². The molecule has 5 aliphatic rings. The molecule has 0 spiro atoms. The molecule has 3 heterocycles. The zero-order chi connectivity index (χ0) is 19.0. The second-order valence-corrected chi connectivity index (χ2v) is 9.77. The first-order valence-electron chi connectivity index (χ1n) is 10.3. The molecule has 2 bridgehead atoms. The van der Waals surface area contributed by atoms with Gasteiger partial charge in [-0.15, -0.1) is 0 Å². The summed E-state index contributed by atoms with van der Waals surface area (Å²) in [6.07, 6.45) is 9.64. The van der Waals surface area contributed by atoms with Gasteiger partial charge in [0.2, 0.25) is 0 Å². The molecule has 2 fully saturated rings. The number of fused-ring (bicyclic) bond motifs is 4.